The van der Waals surface area contributed by atoms with Crippen molar-refractivity contribution in [2.75, 3.05) is 0 Å². The van der Waals surface area contributed by atoms with Crippen molar-refractivity contribution >= 4 is 28.9 Å². The van der Waals surface area contributed by atoms with E-state index in [1.54, 1.807) is 0 Å². The number of imidazole rings is 1. The molecule has 0 fully saturated rings. The normalized spacial score (nSPS) is 11.1. The van der Waals surface area contributed by atoms with Crippen LogP contribution in [0.25, 0.3) is 11.0 Å². The third kappa shape index (κ3) is 6.40. The van der Waals surface area contributed by atoms with E-state index in [-0.39, 0.29) is 0 Å². The lowest BCUT2D eigenvalue weighted by Crippen LogP contribution is -2.09. The number of aryl methyl sites for hydroxylation is 4. The van der Waals surface area contributed by atoms with Crippen LogP contribution in [-0.4, -0.2) is 15.8 Å². The lowest BCUT2D eigenvalue weighted by atomic mass is 10.1. The summed E-state index contributed by atoms with van der Waals surface area (Å²) in [6.45, 7) is 3.32. The number of carbonyl (C=O) groups is 1. The fourth-order valence-corrected chi connectivity index (χ4v) is 5.25. The highest BCUT2D eigenvalue weighted by Crippen LogP contribution is 2.29. The molecule has 0 atom stereocenters. The summed E-state index contributed by atoms with van der Waals surface area (Å²) < 4.78 is 8.82. The van der Waals surface area contributed by atoms with Crippen molar-refractivity contribution in [2.45, 2.75) is 52.2 Å². The molecule has 0 aliphatic rings. The number of carbonyl (C=O) groups excluding carboxylic acids is 1. The van der Waals surface area contributed by atoms with E-state index in [4.69, 9.17) is 21.3 Å². The Morgan fingerprint density at radius 2 is 1.51 bits per heavy atom. The monoisotopic (exact) mass is 536 g/mol. The Hall–Kier alpha value is -3.89. The molecule has 0 aliphatic heterocycles. The minimum Gasteiger partial charge on any atom is -0.488 e. The van der Waals surface area contributed by atoms with Crippen molar-refractivity contribution in [3.8, 4) is 5.75 Å². The molecule has 0 bridgehead atoms. The van der Waals surface area contributed by atoms with Gasteiger partial charge >= 0.3 is 0 Å². The first-order chi connectivity index (χ1) is 19.2. The molecule has 0 saturated carbocycles. The summed E-state index contributed by atoms with van der Waals surface area (Å²) >= 11 is 6.45. The van der Waals surface area contributed by atoms with Crippen LogP contribution in [0.3, 0.4) is 0 Å². The number of fused-ring (bicyclic) bond motifs is 1. The molecule has 5 rings (SSSR count). The van der Waals surface area contributed by atoms with Crippen molar-refractivity contribution in [3.63, 3.8) is 0 Å². The summed E-state index contributed by atoms with van der Waals surface area (Å²) in [5.74, 6) is 1.98. The van der Waals surface area contributed by atoms with Crippen molar-refractivity contribution in [3.05, 3.63) is 130 Å². The molecule has 4 nitrogen and oxygen atoms in total. The van der Waals surface area contributed by atoms with Gasteiger partial charge in [0, 0.05) is 23.4 Å². The summed E-state index contributed by atoms with van der Waals surface area (Å²) in [7, 11) is 0. The van der Waals surface area contributed by atoms with Crippen LogP contribution in [0.15, 0.2) is 91.0 Å². The van der Waals surface area contributed by atoms with E-state index in [0.29, 0.717) is 19.6 Å². The Morgan fingerprint density at radius 3 is 2.31 bits per heavy atom. The van der Waals surface area contributed by atoms with Gasteiger partial charge < -0.3 is 14.1 Å². The predicted molar refractivity (Wildman–Crippen MR) is 159 cm³/mol. The minimum atomic E-state index is 0.488. The van der Waals surface area contributed by atoms with Crippen molar-refractivity contribution < 1.29 is 9.53 Å². The average Bonchev–Trinajstić information content (AvgIpc) is 3.32. The van der Waals surface area contributed by atoms with E-state index in [9.17, 15) is 4.79 Å². The van der Waals surface area contributed by atoms with Crippen LogP contribution < -0.4 is 4.74 Å². The van der Waals surface area contributed by atoms with Gasteiger partial charge in [-0.15, -0.1) is 0 Å². The number of benzene rings is 4. The quantitative estimate of drug-likeness (QED) is 0.153. The summed E-state index contributed by atoms with van der Waals surface area (Å²) in [6.07, 6.45) is 4.78. The van der Waals surface area contributed by atoms with E-state index >= 15 is 0 Å². The maximum atomic E-state index is 10.7. The zero-order valence-corrected chi connectivity index (χ0v) is 23.0. The van der Waals surface area contributed by atoms with Crippen molar-refractivity contribution in [1.82, 2.24) is 9.55 Å². The molecule has 1 aromatic heterocycles. The van der Waals surface area contributed by atoms with E-state index in [2.05, 4.69) is 78.2 Å². The van der Waals surface area contributed by atoms with Gasteiger partial charge in [0.25, 0.3) is 0 Å². The second-order valence-electron chi connectivity index (χ2n) is 9.76. The number of aromatic nitrogens is 2. The van der Waals surface area contributed by atoms with Gasteiger partial charge in [0.05, 0.1) is 17.6 Å². The Morgan fingerprint density at radius 1 is 0.795 bits per heavy atom. The maximum Gasteiger partial charge on any atom is 0.127 e. The predicted octanol–water partition coefficient (Wildman–Crippen LogP) is 7.80. The van der Waals surface area contributed by atoms with Gasteiger partial charge in [0.1, 0.15) is 24.5 Å². The molecule has 39 heavy (non-hydrogen) atoms. The van der Waals surface area contributed by atoms with Crippen LogP contribution in [0, 0.1) is 0 Å². The molecular formula is C34H33ClN2O2. The summed E-state index contributed by atoms with van der Waals surface area (Å²) in [4.78, 5) is 15.7. The third-order valence-electron chi connectivity index (χ3n) is 7.15. The van der Waals surface area contributed by atoms with Crippen LogP contribution in [0.4, 0.5) is 0 Å². The molecule has 198 valence electrons. The summed E-state index contributed by atoms with van der Waals surface area (Å²) in [6, 6.07) is 31.1. The largest absolute Gasteiger partial charge is 0.488 e. The highest BCUT2D eigenvalue weighted by molar-refractivity contribution is 6.31. The molecule has 0 saturated heterocycles. The first kappa shape index (κ1) is 26.7. The number of hydrogen-bond acceptors (Lipinski definition) is 3. The smallest absolute Gasteiger partial charge is 0.127 e. The molecule has 0 amide bonds. The molecule has 0 aliphatic carbocycles. The van der Waals surface area contributed by atoms with E-state index in [1.165, 1.54) is 5.56 Å². The molecule has 0 radical (unpaired) electrons. The van der Waals surface area contributed by atoms with Gasteiger partial charge in [-0.3, -0.25) is 0 Å². The van der Waals surface area contributed by atoms with Crippen molar-refractivity contribution in [2.24, 2.45) is 0 Å². The average molecular weight is 537 g/mol. The first-order valence-corrected chi connectivity index (χ1v) is 14.0. The SMILES string of the molecule is CCc1cccc(Cn2c(CCc3ccccc3Cl)nc3ccccc32)c1OCc1ccc(CCC=O)cc1. The standard InChI is InChI=1S/C34H33ClN2O2/c1-2-27-11-7-12-29(34(27)39-24-26-18-16-25(17-19-26)9-8-22-38)23-37-32-15-6-5-14-31(32)36-33(37)21-20-28-10-3-4-13-30(28)35/h3-7,10-19,22H,2,8-9,20-21,23-24H2,1H3. The summed E-state index contributed by atoms with van der Waals surface area (Å²) in [5, 5.41) is 0.795. The minimum absolute atomic E-state index is 0.488. The van der Waals surface area contributed by atoms with Gasteiger partial charge in [0.2, 0.25) is 0 Å². The van der Waals surface area contributed by atoms with Crippen LogP contribution in [-0.2, 0) is 43.6 Å². The van der Waals surface area contributed by atoms with Gasteiger partial charge in [0.15, 0.2) is 0 Å². The maximum absolute atomic E-state index is 10.7. The number of aldehydes is 1. The molecular weight excluding hydrogens is 504 g/mol. The van der Waals surface area contributed by atoms with E-state index in [0.717, 1.165) is 81.9 Å². The lowest BCUT2D eigenvalue weighted by Gasteiger charge is -2.18. The molecule has 0 unspecified atom stereocenters. The highest BCUT2D eigenvalue weighted by atomic mass is 35.5. The Labute approximate surface area is 235 Å². The number of halogens is 1. The zero-order valence-electron chi connectivity index (χ0n) is 22.3. The number of para-hydroxylation sites is 3. The molecule has 5 aromatic rings. The molecule has 0 spiro atoms. The Balaban J connectivity index is 1.41. The van der Waals surface area contributed by atoms with Gasteiger partial charge in [-0.1, -0.05) is 91.3 Å². The zero-order chi connectivity index (χ0) is 27.0. The van der Waals surface area contributed by atoms with Gasteiger partial charge in [-0.05, 0) is 59.7 Å². The number of rotatable bonds is 12. The fraction of sp³-hybridized carbons (Fsp3) is 0.235. The van der Waals surface area contributed by atoms with Crippen LogP contribution in [0.2, 0.25) is 5.02 Å². The van der Waals surface area contributed by atoms with Gasteiger partial charge in [-0.2, -0.15) is 0 Å². The molecule has 0 N–H and O–H groups in total. The van der Waals surface area contributed by atoms with Crippen LogP contribution in [0.5, 0.6) is 5.75 Å². The highest BCUT2D eigenvalue weighted by Gasteiger charge is 2.16. The molecule has 4 aromatic carbocycles. The third-order valence-corrected chi connectivity index (χ3v) is 7.52. The van der Waals surface area contributed by atoms with Crippen LogP contribution >= 0.6 is 11.6 Å². The Bertz CT molecular complexity index is 1560. The molecule has 1 heterocycles. The summed E-state index contributed by atoms with van der Waals surface area (Å²) in [5.41, 5.74) is 7.84. The van der Waals surface area contributed by atoms with Gasteiger partial charge in [-0.25, -0.2) is 4.98 Å². The number of ether oxygens (including phenoxy) is 1. The van der Waals surface area contributed by atoms with E-state index < -0.39 is 0 Å². The van der Waals surface area contributed by atoms with Crippen molar-refractivity contribution in [1.29, 1.82) is 0 Å². The second kappa shape index (κ2) is 12.8. The van der Waals surface area contributed by atoms with E-state index in [1.807, 2.05) is 24.3 Å². The van der Waals surface area contributed by atoms with Crippen LogP contribution in [0.1, 0.15) is 47.0 Å². The second-order valence-corrected chi connectivity index (χ2v) is 10.2. The molecule has 5 heteroatoms. The fourth-order valence-electron chi connectivity index (χ4n) is 5.02. The lowest BCUT2D eigenvalue weighted by molar-refractivity contribution is -0.107. The first-order valence-electron chi connectivity index (χ1n) is 13.6. The topological polar surface area (TPSA) is 44.1 Å². The number of nitrogens with zero attached hydrogens (tertiary/aromatic N) is 2. The number of hydrogen-bond donors (Lipinski definition) is 0. The Kier molecular flexibility index (Phi) is 8.75.